The van der Waals surface area contributed by atoms with Crippen molar-refractivity contribution in [3.05, 3.63) is 29.1 Å². The number of benzene rings is 1. The molecule has 0 saturated carbocycles. The van der Waals surface area contributed by atoms with Crippen LogP contribution in [0.15, 0.2) is 22.7 Å². The van der Waals surface area contributed by atoms with E-state index < -0.39 is 0 Å². The Morgan fingerprint density at radius 2 is 2.05 bits per heavy atom. The topological polar surface area (TPSA) is 77.8 Å². The standard InChI is InChI=1S/C14H16N4OS/c1-14(2,3)13-16-9-6-8(4-5-10(9)20-13)12-17-11(7-15)19-18-12/h4-6H,7,15H2,1-3H3. The second-order valence-electron chi connectivity index (χ2n) is 5.67. The molecule has 0 saturated heterocycles. The maximum atomic E-state index is 5.48. The Balaban J connectivity index is 2.06. The van der Waals surface area contributed by atoms with Gasteiger partial charge in [0.1, 0.15) is 0 Å². The number of fused-ring (bicyclic) bond motifs is 1. The van der Waals surface area contributed by atoms with E-state index in [1.807, 2.05) is 12.1 Å². The van der Waals surface area contributed by atoms with Gasteiger partial charge in [0.2, 0.25) is 11.7 Å². The first kappa shape index (κ1) is 13.2. The predicted molar refractivity (Wildman–Crippen MR) is 79.5 cm³/mol. The molecule has 2 heterocycles. The Hall–Kier alpha value is -1.79. The first-order valence-corrected chi connectivity index (χ1v) is 7.23. The van der Waals surface area contributed by atoms with Crippen molar-refractivity contribution in [1.29, 1.82) is 0 Å². The molecule has 1 aromatic carbocycles. The molecule has 0 amide bonds. The number of hydrogen-bond donors (Lipinski definition) is 1. The van der Waals surface area contributed by atoms with Gasteiger partial charge in [-0.3, -0.25) is 0 Å². The Bertz CT molecular complexity index is 754. The lowest BCUT2D eigenvalue weighted by molar-refractivity contribution is 0.380. The maximum Gasteiger partial charge on any atom is 0.240 e. The predicted octanol–water partition coefficient (Wildman–Crippen LogP) is 3.10. The lowest BCUT2D eigenvalue weighted by atomic mass is 9.98. The average Bonchev–Trinajstić information content (AvgIpc) is 3.03. The second kappa shape index (κ2) is 4.64. The third kappa shape index (κ3) is 2.32. The molecule has 0 atom stereocenters. The second-order valence-corrected chi connectivity index (χ2v) is 6.70. The van der Waals surface area contributed by atoms with Crippen molar-refractivity contribution in [2.45, 2.75) is 32.7 Å². The molecule has 5 nitrogen and oxygen atoms in total. The fraction of sp³-hybridized carbons (Fsp3) is 0.357. The van der Waals surface area contributed by atoms with E-state index in [0.717, 1.165) is 16.1 Å². The molecule has 0 fully saturated rings. The van der Waals surface area contributed by atoms with Crippen LogP contribution in [0.5, 0.6) is 0 Å². The van der Waals surface area contributed by atoms with Gasteiger partial charge in [0.25, 0.3) is 0 Å². The van der Waals surface area contributed by atoms with Crippen molar-refractivity contribution in [2.75, 3.05) is 0 Å². The van der Waals surface area contributed by atoms with Crippen LogP contribution in [0.25, 0.3) is 21.6 Å². The highest BCUT2D eigenvalue weighted by molar-refractivity contribution is 7.18. The van der Waals surface area contributed by atoms with Gasteiger partial charge in [0, 0.05) is 11.0 Å². The van der Waals surface area contributed by atoms with E-state index in [4.69, 9.17) is 15.2 Å². The first-order chi connectivity index (χ1) is 9.47. The van der Waals surface area contributed by atoms with Crippen LogP contribution >= 0.6 is 11.3 Å². The summed E-state index contributed by atoms with van der Waals surface area (Å²) in [4.78, 5) is 8.94. The van der Waals surface area contributed by atoms with Gasteiger partial charge in [-0.15, -0.1) is 11.3 Å². The van der Waals surface area contributed by atoms with E-state index in [1.165, 1.54) is 4.70 Å². The van der Waals surface area contributed by atoms with E-state index in [1.54, 1.807) is 11.3 Å². The summed E-state index contributed by atoms with van der Waals surface area (Å²) < 4.78 is 6.20. The zero-order valence-electron chi connectivity index (χ0n) is 11.7. The van der Waals surface area contributed by atoms with Gasteiger partial charge >= 0.3 is 0 Å². The SMILES string of the molecule is CC(C)(C)c1nc2cc(-c3noc(CN)n3)ccc2s1. The van der Waals surface area contributed by atoms with Crippen LogP contribution < -0.4 is 5.73 Å². The Morgan fingerprint density at radius 3 is 2.70 bits per heavy atom. The summed E-state index contributed by atoms with van der Waals surface area (Å²) in [5, 5.41) is 5.05. The third-order valence-electron chi connectivity index (χ3n) is 2.93. The molecular formula is C14H16N4OS. The molecule has 20 heavy (non-hydrogen) atoms. The van der Waals surface area contributed by atoms with E-state index in [-0.39, 0.29) is 12.0 Å². The number of hydrogen-bond acceptors (Lipinski definition) is 6. The van der Waals surface area contributed by atoms with Crippen molar-refractivity contribution < 1.29 is 4.52 Å². The number of aromatic nitrogens is 3. The summed E-state index contributed by atoms with van der Waals surface area (Å²) in [5.41, 5.74) is 7.40. The minimum atomic E-state index is 0.0582. The minimum absolute atomic E-state index is 0.0582. The van der Waals surface area contributed by atoms with Crippen molar-refractivity contribution in [3.8, 4) is 11.4 Å². The lowest BCUT2D eigenvalue weighted by Gasteiger charge is -2.13. The smallest absolute Gasteiger partial charge is 0.240 e. The van der Waals surface area contributed by atoms with Gasteiger partial charge in [0.05, 0.1) is 21.8 Å². The molecular weight excluding hydrogens is 272 g/mol. The Morgan fingerprint density at radius 1 is 1.25 bits per heavy atom. The highest BCUT2D eigenvalue weighted by Crippen LogP contribution is 2.32. The van der Waals surface area contributed by atoms with E-state index in [9.17, 15) is 0 Å². The minimum Gasteiger partial charge on any atom is -0.338 e. The summed E-state index contributed by atoms with van der Waals surface area (Å²) in [6.45, 7) is 6.75. The lowest BCUT2D eigenvalue weighted by Crippen LogP contribution is -2.09. The molecule has 0 spiro atoms. The maximum absolute atomic E-state index is 5.48. The van der Waals surface area contributed by atoms with Crippen molar-refractivity contribution in [1.82, 2.24) is 15.1 Å². The summed E-state index contributed by atoms with van der Waals surface area (Å²) in [7, 11) is 0. The average molecular weight is 288 g/mol. The number of rotatable bonds is 2. The molecule has 0 radical (unpaired) electrons. The van der Waals surface area contributed by atoms with Crippen LogP contribution in [-0.2, 0) is 12.0 Å². The largest absolute Gasteiger partial charge is 0.338 e. The third-order valence-corrected chi connectivity index (χ3v) is 4.39. The van der Waals surface area contributed by atoms with E-state index in [2.05, 4.69) is 37.0 Å². The van der Waals surface area contributed by atoms with Crippen molar-refractivity contribution in [3.63, 3.8) is 0 Å². The molecule has 2 N–H and O–H groups in total. The normalized spacial score (nSPS) is 12.2. The molecule has 6 heteroatoms. The van der Waals surface area contributed by atoms with Gasteiger partial charge < -0.3 is 10.3 Å². The van der Waals surface area contributed by atoms with Crippen LogP contribution in [0.4, 0.5) is 0 Å². The number of nitrogens with two attached hydrogens (primary N) is 1. The van der Waals surface area contributed by atoms with Gasteiger partial charge in [-0.25, -0.2) is 4.98 Å². The molecule has 2 aromatic heterocycles. The first-order valence-electron chi connectivity index (χ1n) is 6.41. The summed E-state index contributed by atoms with van der Waals surface area (Å²) in [6, 6.07) is 6.03. The van der Waals surface area contributed by atoms with Crippen LogP contribution in [0.1, 0.15) is 31.7 Å². The van der Waals surface area contributed by atoms with Crippen molar-refractivity contribution in [2.24, 2.45) is 5.73 Å². The van der Waals surface area contributed by atoms with Crippen molar-refractivity contribution >= 4 is 21.6 Å². The summed E-state index contributed by atoms with van der Waals surface area (Å²) in [5.74, 6) is 0.992. The number of thiazole rings is 1. The van der Waals surface area contributed by atoms with E-state index >= 15 is 0 Å². The molecule has 104 valence electrons. The summed E-state index contributed by atoms with van der Waals surface area (Å²) in [6.07, 6.45) is 0. The van der Waals surface area contributed by atoms with Crippen LogP contribution in [-0.4, -0.2) is 15.1 Å². The van der Waals surface area contributed by atoms with Gasteiger partial charge in [-0.1, -0.05) is 25.9 Å². The fourth-order valence-electron chi connectivity index (χ4n) is 1.84. The Kier molecular flexibility index (Phi) is 3.07. The highest BCUT2D eigenvalue weighted by atomic mass is 32.1. The van der Waals surface area contributed by atoms with Gasteiger partial charge in [-0.05, 0) is 18.2 Å². The molecule has 3 rings (SSSR count). The molecule has 0 aliphatic rings. The van der Waals surface area contributed by atoms with Gasteiger partial charge in [0.15, 0.2) is 0 Å². The summed E-state index contributed by atoms with van der Waals surface area (Å²) >= 11 is 1.72. The van der Waals surface area contributed by atoms with Crippen LogP contribution in [0.2, 0.25) is 0 Å². The quantitative estimate of drug-likeness (QED) is 0.784. The molecule has 0 aliphatic heterocycles. The Labute approximate surface area is 120 Å². The zero-order chi connectivity index (χ0) is 14.3. The van der Waals surface area contributed by atoms with Crippen LogP contribution in [0.3, 0.4) is 0 Å². The number of nitrogens with zero attached hydrogens (tertiary/aromatic N) is 3. The monoisotopic (exact) mass is 288 g/mol. The van der Waals surface area contributed by atoms with Crippen LogP contribution in [0, 0.1) is 0 Å². The highest BCUT2D eigenvalue weighted by Gasteiger charge is 2.19. The molecule has 3 aromatic rings. The molecule has 0 bridgehead atoms. The zero-order valence-corrected chi connectivity index (χ0v) is 12.5. The van der Waals surface area contributed by atoms with Gasteiger partial charge in [-0.2, -0.15) is 4.98 Å². The molecule has 0 aliphatic carbocycles. The fourth-order valence-corrected chi connectivity index (χ4v) is 2.85. The molecule has 0 unspecified atom stereocenters. The van der Waals surface area contributed by atoms with E-state index in [0.29, 0.717) is 11.7 Å².